The lowest BCUT2D eigenvalue weighted by Crippen LogP contribution is -2.37. The first-order valence-corrected chi connectivity index (χ1v) is 9.73. The minimum Gasteiger partial charge on any atom is -0.492 e. The largest absolute Gasteiger partial charge is 0.492 e. The van der Waals surface area contributed by atoms with Gasteiger partial charge in [-0.05, 0) is 49.9 Å². The van der Waals surface area contributed by atoms with E-state index in [9.17, 15) is 14.0 Å². The predicted molar refractivity (Wildman–Crippen MR) is 101 cm³/mol. The Balaban J connectivity index is 1.45. The normalized spacial score (nSPS) is 18.1. The van der Waals surface area contributed by atoms with Crippen LogP contribution >= 0.6 is 0 Å². The molecule has 27 heavy (non-hydrogen) atoms. The second kappa shape index (κ2) is 9.53. The summed E-state index contributed by atoms with van der Waals surface area (Å²) in [6.45, 7) is 2.38. The molecular weight excluding hydrogens is 347 g/mol. The molecule has 6 heteroatoms. The number of carbonyl (C=O) groups excluding carboxylic acids is 2. The molecule has 146 valence electrons. The van der Waals surface area contributed by atoms with Crippen molar-refractivity contribution in [1.29, 1.82) is 0 Å². The minimum absolute atomic E-state index is 0.0462. The van der Waals surface area contributed by atoms with E-state index in [1.165, 1.54) is 30.5 Å². The molecule has 0 saturated carbocycles. The molecule has 2 amide bonds. The van der Waals surface area contributed by atoms with Crippen LogP contribution in [0, 0.1) is 5.82 Å². The smallest absolute Gasteiger partial charge is 0.226 e. The van der Waals surface area contributed by atoms with Crippen molar-refractivity contribution in [3.63, 3.8) is 0 Å². The Morgan fingerprint density at radius 2 is 1.89 bits per heavy atom. The number of allylic oxidation sites excluding steroid dienone is 1. The lowest BCUT2D eigenvalue weighted by atomic mass is 9.97. The number of ether oxygens (including phenoxy) is 1. The quantitative estimate of drug-likeness (QED) is 0.719. The SMILES string of the molecule is O=C1CCN(C(=O)CC2=CCCCC2)CCN1CCOc1ccc(F)cc1. The Kier molecular flexibility index (Phi) is 6.85. The zero-order valence-corrected chi connectivity index (χ0v) is 15.7. The van der Waals surface area contributed by atoms with Crippen molar-refractivity contribution in [1.82, 2.24) is 9.80 Å². The van der Waals surface area contributed by atoms with Crippen molar-refractivity contribution in [2.75, 3.05) is 32.8 Å². The van der Waals surface area contributed by atoms with Gasteiger partial charge in [0.05, 0.1) is 6.54 Å². The van der Waals surface area contributed by atoms with E-state index in [1.807, 2.05) is 4.90 Å². The highest BCUT2D eigenvalue weighted by Crippen LogP contribution is 2.21. The number of rotatable bonds is 6. The van der Waals surface area contributed by atoms with Crippen molar-refractivity contribution in [2.45, 2.75) is 38.5 Å². The molecule has 1 aromatic rings. The van der Waals surface area contributed by atoms with Gasteiger partial charge in [-0.1, -0.05) is 11.6 Å². The van der Waals surface area contributed by atoms with Crippen LogP contribution in [0.1, 0.15) is 38.5 Å². The van der Waals surface area contributed by atoms with Crippen LogP contribution in [-0.4, -0.2) is 54.4 Å². The molecule has 5 nitrogen and oxygen atoms in total. The third-order valence-corrected chi connectivity index (χ3v) is 5.15. The predicted octanol–water partition coefficient (Wildman–Crippen LogP) is 3.16. The van der Waals surface area contributed by atoms with Gasteiger partial charge >= 0.3 is 0 Å². The molecule has 1 aliphatic carbocycles. The molecule has 0 spiro atoms. The molecule has 0 bridgehead atoms. The molecular formula is C21H27FN2O3. The summed E-state index contributed by atoms with van der Waals surface area (Å²) in [4.78, 5) is 28.5. The van der Waals surface area contributed by atoms with Gasteiger partial charge in [-0.15, -0.1) is 0 Å². The highest BCUT2D eigenvalue weighted by Gasteiger charge is 2.24. The van der Waals surface area contributed by atoms with Crippen LogP contribution in [0.4, 0.5) is 4.39 Å². The second-order valence-electron chi connectivity index (χ2n) is 7.10. The van der Waals surface area contributed by atoms with Crippen molar-refractivity contribution < 1.29 is 18.7 Å². The van der Waals surface area contributed by atoms with Gasteiger partial charge in [0.1, 0.15) is 18.2 Å². The van der Waals surface area contributed by atoms with Gasteiger partial charge in [-0.3, -0.25) is 9.59 Å². The minimum atomic E-state index is -0.307. The van der Waals surface area contributed by atoms with Crippen molar-refractivity contribution in [3.05, 3.63) is 41.7 Å². The first-order chi connectivity index (χ1) is 13.1. The number of benzene rings is 1. The van der Waals surface area contributed by atoms with E-state index in [0.717, 1.165) is 12.8 Å². The van der Waals surface area contributed by atoms with Crippen LogP contribution < -0.4 is 4.74 Å². The zero-order valence-electron chi connectivity index (χ0n) is 15.7. The maximum Gasteiger partial charge on any atom is 0.226 e. The Morgan fingerprint density at radius 1 is 1.07 bits per heavy atom. The monoisotopic (exact) mass is 374 g/mol. The molecule has 1 aromatic carbocycles. The Hall–Kier alpha value is -2.37. The van der Waals surface area contributed by atoms with E-state index in [2.05, 4.69) is 6.08 Å². The van der Waals surface area contributed by atoms with Crippen molar-refractivity contribution >= 4 is 11.8 Å². The van der Waals surface area contributed by atoms with Crippen LogP contribution in [0.25, 0.3) is 0 Å². The van der Waals surface area contributed by atoms with Gasteiger partial charge in [-0.25, -0.2) is 4.39 Å². The van der Waals surface area contributed by atoms with E-state index in [-0.39, 0.29) is 17.6 Å². The summed E-state index contributed by atoms with van der Waals surface area (Å²) in [5.41, 5.74) is 1.24. The molecule has 1 saturated heterocycles. The number of carbonyl (C=O) groups is 2. The van der Waals surface area contributed by atoms with E-state index < -0.39 is 0 Å². The van der Waals surface area contributed by atoms with Crippen LogP contribution in [0.2, 0.25) is 0 Å². The van der Waals surface area contributed by atoms with E-state index in [4.69, 9.17) is 4.74 Å². The average Bonchev–Trinajstić information content (AvgIpc) is 2.86. The fraction of sp³-hybridized carbons (Fsp3) is 0.524. The summed E-state index contributed by atoms with van der Waals surface area (Å²) in [5, 5.41) is 0. The molecule has 0 N–H and O–H groups in total. The molecule has 3 rings (SSSR count). The summed E-state index contributed by atoms with van der Waals surface area (Å²) in [7, 11) is 0. The van der Waals surface area contributed by atoms with Gasteiger partial charge in [-0.2, -0.15) is 0 Å². The van der Waals surface area contributed by atoms with Crippen molar-refractivity contribution in [3.8, 4) is 5.75 Å². The summed E-state index contributed by atoms with van der Waals surface area (Å²) in [5.74, 6) is 0.445. The van der Waals surface area contributed by atoms with E-state index in [1.54, 1.807) is 17.0 Å². The second-order valence-corrected chi connectivity index (χ2v) is 7.10. The standard InChI is InChI=1S/C21H27FN2O3/c22-18-6-8-19(9-7-18)27-15-14-24-13-12-23(11-10-20(24)25)21(26)16-17-4-2-1-3-5-17/h4,6-9H,1-3,5,10-16H2. The number of amides is 2. The first kappa shape index (κ1) is 19.4. The Morgan fingerprint density at radius 3 is 2.63 bits per heavy atom. The highest BCUT2D eigenvalue weighted by molar-refractivity contribution is 5.81. The lowest BCUT2D eigenvalue weighted by Gasteiger charge is -2.23. The number of halogens is 1. The van der Waals surface area contributed by atoms with Crippen molar-refractivity contribution in [2.24, 2.45) is 0 Å². The van der Waals surface area contributed by atoms with Gasteiger partial charge < -0.3 is 14.5 Å². The molecule has 0 atom stereocenters. The summed E-state index contributed by atoms with van der Waals surface area (Å²) in [6.07, 6.45) is 7.51. The van der Waals surface area contributed by atoms with Crippen LogP contribution in [-0.2, 0) is 9.59 Å². The third-order valence-electron chi connectivity index (χ3n) is 5.15. The maximum atomic E-state index is 12.9. The number of hydrogen-bond acceptors (Lipinski definition) is 3. The average molecular weight is 374 g/mol. The fourth-order valence-electron chi connectivity index (χ4n) is 3.53. The van der Waals surface area contributed by atoms with Crippen LogP contribution in [0.3, 0.4) is 0 Å². The fourth-order valence-corrected chi connectivity index (χ4v) is 3.53. The number of nitrogens with zero attached hydrogens (tertiary/aromatic N) is 2. The molecule has 0 radical (unpaired) electrons. The third kappa shape index (κ3) is 5.81. The summed E-state index contributed by atoms with van der Waals surface area (Å²) >= 11 is 0. The zero-order chi connectivity index (χ0) is 19.1. The molecule has 1 fully saturated rings. The molecule has 1 aliphatic heterocycles. The lowest BCUT2D eigenvalue weighted by molar-refractivity contribution is -0.130. The molecule has 0 unspecified atom stereocenters. The van der Waals surface area contributed by atoms with Gasteiger partial charge in [0, 0.05) is 32.5 Å². The highest BCUT2D eigenvalue weighted by atomic mass is 19.1. The van der Waals surface area contributed by atoms with E-state index >= 15 is 0 Å². The van der Waals surface area contributed by atoms with Gasteiger partial charge in [0.2, 0.25) is 11.8 Å². The van der Waals surface area contributed by atoms with Crippen LogP contribution in [0.15, 0.2) is 35.9 Å². The molecule has 2 aliphatic rings. The number of hydrogen-bond donors (Lipinski definition) is 0. The summed E-state index contributed by atoms with van der Waals surface area (Å²) in [6, 6.07) is 5.83. The maximum absolute atomic E-state index is 12.9. The van der Waals surface area contributed by atoms with Crippen LogP contribution in [0.5, 0.6) is 5.75 Å². The van der Waals surface area contributed by atoms with E-state index in [0.29, 0.717) is 51.4 Å². The molecule has 1 heterocycles. The summed E-state index contributed by atoms with van der Waals surface area (Å²) < 4.78 is 18.5. The van der Waals surface area contributed by atoms with Gasteiger partial charge in [0.15, 0.2) is 0 Å². The first-order valence-electron chi connectivity index (χ1n) is 9.73. The van der Waals surface area contributed by atoms with Gasteiger partial charge in [0.25, 0.3) is 0 Å². The Bertz CT molecular complexity index is 687. The molecule has 0 aromatic heterocycles. The topological polar surface area (TPSA) is 49.9 Å². The Labute approximate surface area is 159 Å².